The van der Waals surface area contributed by atoms with Gasteiger partial charge in [0, 0.05) is 6.08 Å². The van der Waals surface area contributed by atoms with Crippen LogP contribution in [0.2, 0.25) is 0 Å². The second kappa shape index (κ2) is 3.75. The summed E-state index contributed by atoms with van der Waals surface area (Å²) in [5.41, 5.74) is 8.45. The summed E-state index contributed by atoms with van der Waals surface area (Å²) in [7, 11) is 0. The van der Waals surface area contributed by atoms with Gasteiger partial charge in [0.15, 0.2) is 0 Å². The summed E-state index contributed by atoms with van der Waals surface area (Å²) in [6.07, 6.45) is 1.50. The van der Waals surface area contributed by atoms with Crippen molar-refractivity contribution < 1.29 is 9.58 Å². The summed E-state index contributed by atoms with van der Waals surface area (Å²) in [5.74, 6) is -0.0392. The van der Waals surface area contributed by atoms with Gasteiger partial charge in [0.25, 0.3) is 5.71 Å². The molecule has 0 rings (SSSR count). The number of hydrogen-bond acceptors (Lipinski definition) is 1. The van der Waals surface area contributed by atoms with Gasteiger partial charge in [-0.15, -0.1) is 0 Å². The second-order valence-electron chi connectivity index (χ2n) is 1.67. The van der Waals surface area contributed by atoms with E-state index in [4.69, 9.17) is 5.53 Å². The number of ketones is 1. The van der Waals surface area contributed by atoms with Gasteiger partial charge in [0.05, 0.1) is 0 Å². The molecule has 0 aromatic rings. The van der Waals surface area contributed by atoms with Crippen molar-refractivity contribution >= 4 is 11.5 Å². The van der Waals surface area contributed by atoms with Crippen LogP contribution in [0.3, 0.4) is 0 Å². The highest BCUT2D eigenvalue weighted by Crippen LogP contribution is 1.84. The maximum absolute atomic E-state index is 10.3. The first kappa shape index (κ1) is 7.79. The minimum absolute atomic E-state index is 0.0392. The van der Waals surface area contributed by atoms with E-state index in [0.29, 0.717) is 5.71 Å². The Bertz CT molecular complexity index is 177. The van der Waals surface area contributed by atoms with Crippen LogP contribution < -0.4 is 0 Å². The van der Waals surface area contributed by atoms with Crippen molar-refractivity contribution in [2.24, 2.45) is 0 Å². The summed E-state index contributed by atoms with van der Waals surface area (Å²) in [4.78, 5) is 13.2. The highest BCUT2D eigenvalue weighted by Gasteiger charge is 2.04. The van der Waals surface area contributed by atoms with E-state index in [1.165, 1.54) is 13.0 Å². The zero-order valence-corrected chi connectivity index (χ0v) is 5.29. The average Bonchev–Trinajstić information content (AvgIpc) is 1.82. The molecule has 0 fully saturated rings. The van der Waals surface area contributed by atoms with E-state index >= 15 is 0 Å². The lowest BCUT2D eigenvalue weighted by Gasteiger charge is -1.80. The molecule has 0 aliphatic heterocycles. The molecule has 48 valence electrons. The minimum Gasteiger partial charge on any atom is -0.361 e. The molecule has 3 nitrogen and oxygen atoms in total. The van der Waals surface area contributed by atoms with Crippen LogP contribution in [0.25, 0.3) is 5.53 Å². The third-order valence-electron chi connectivity index (χ3n) is 0.794. The quantitative estimate of drug-likeness (QED) is 0.312. The normalized spacial score (nSPS) is 7.67. The van der Waals surface area contributed by atoms with Crippen molar-refractivity contribution in [3.8, 4) is 0 Å². The Hall–Kier alpha value is -1.21. The highest BCUT2D eigenvalue weighted by atomic mass is 16.1. The fourth-order valence-electron chi connectivity index (χ4n) is 0.403. The predicted octanol–water partition coefficient (Wildman–Crippen LogP) is 0.822. The third kappa shape index (κ3) is 3.38. The maximum atomic E-state index is 10.3. The summed E-state index contributed by atoms with van der Waals surface area (Å²) in [6, 6.07) is 0. The van der Waals surface area contributed by atoms with Crippen molar-refractivity contribution in [2.45, 2.75) is 13.3 Å². The number of carbonyl (C=O) groups excluding carboxylic acids is 1. The van der Waals surface area contributed by atoms with Crippen LogP contribution in [0.15, 0.2) is 12.7 Å². The number of carbonyl (C=O) groups is 1. The molecule has 0 heterocycles. The molecule has 0 saturated heterocycles. The van der Waals surface area contributed by atoms with Crippen molar-refractivity contribution in [3.05, 3.63) is 18.2 Å². The van der Waals surface area contributed by atoms with E-state index in [1.807, 2.05) is 0 Å². The van der Waals surface area contributed by atoms with Crippen molar-refractivity contribution in [2.75, 3.05) is 0 Å². The van der Waals surface area contributed by atoms with Gasteiger partial charge in [-0.05, 0) is 6.92 Å². The SMILES string of the molecule is C=CC(CC(C)=O)=[N+]=[N-]. The van der Waals surface area contributed by atoms with E-state index in [2.05, 4.69) is 11.4 Å². The first-order valence-electron chi connectivity index (χ1n) is 2.53. The summed E-state index contributed by atoms with van der Waals surface area (Å²) < 4.78 is 0. The lowest BCUT2D eigenvalue weighted by molar-refractivity contribution is -0.116. The molecule has 0 saturated carbocycles. The second-order valence-corrected chi connectivity index (χ2v) is 1.67. The topological polar surface area (TPSA) is 53.5 Å². The fourth-order valence-corrected chi connectivity index (χ4v) is 0.403. The molecule has 9 heavy (non-hydrogen) atoms. The Balaban J connectivity index is 4.02. The molecule has 0 aliphatic rings. The number of rotatable bonds is 3. The molecule has 3 heteroatoms. The lowest BCUT2D eigenvalue weighted by atomic mass is 10.2. The molecule has 0 aromatic carbocycles. The first-order chi connectivity index (χ1) is 4.20. The average molecular weight is 124 g/mol. The molecule has 0 radical (unpaired) electrons. The van der Waals surface area contributed by atoms with Gasteiger partial charge in [0.2, 0.25) is 0 Å². The standard InChI is InChI=1S/C6H8N2O/c1-3-6(8-7)4-5(2)9/h3H,1,4H2,2H3. The molecule has 0 amide bonds. The molecule has 0 atom stereocenters. The van der Waals surface area contributed by atoms with Gasteiger partial charge in [0.1, 0.15) is 12.2 Å². The number of nitrogens with zero attached hydrogens (tertiary/aromatic N) is 2. The van der Waals surface area contributed by atoms with Crippen molar-refractivity contribution in [1.82, 2.24) is 0 Å². The van der Waals surface area contributed by atoms with Gasteiger partial charge < -0.3 is 5.53 Å². The minimum atomic E-state index is -0.0392. The van der Waals surface area contributed by atoms with E-state index in [0.717, 1.165) is 0 Å². The van der Waals surface area contributed by atoms with Gasteiger partial charge in [-0.3, -0.25) is 4.79 Å². The van der Waals surface area contributed by atoms with Gasteiger partial charge in [-0.1, -0.05) is 6.58 Å². The largest absolute Gasteiger partial charge is 0.361 e. The van der Waals surface area contributed by atoms with Gasteiger partial charge in [-0.25, -0.2) is 0 Å². The molecular weight excluding hydrogens is 116 g/mol. The number of allylic oxidation sites excluding steroid dienone is 1. The Morgan fingerprint density at radius 2 is 2.44 bits per heavy atom. The van der Waals surface area contributed by atoms with Crippen LogP contribution in [0.1, 0.15) is 13.3 Å². The van der Waals surface area contributed by atoms with Crippen LogP contribution in [0.5, 0.6) is 0 Å². The zero-order chi connectivity index (χ0) is 7.28. The lowest BCUT2D eigenvalue weighted by Crippen LogP contribution is -2.01. The Labute approximate surface area is 53.6 Å². The van der Waals surface area contributed by atoms with Crippen LogP contribution in [-0.4, -0.2) is 16.3 Å². The Morgan fingerprint density at radius 3 is 2.56 bits per heavy atom. The summed E-state index contributed by atoms with van der Waals surface area (Å²) >= 11 is 0. The van der Waals surface area contributed by atoms with Gasteiger partial charge in [-0.2, -0.15) is 4.79 Å². The van der Waals surface area contributed by atoms with Crippen LogP contribution in [-0.2, 0) is 4.79 Å². The molecule has 0 aromatic heterocycles. The smallest absolute Gasteiger partial charge is 0.298 e. The monoisotopic (exact) mass is 124 g/mol. The summed E-state index contributed by atoms with van der Waals surface area (Å²) in [6.45, 7) is 4.77. The van der Waals surface area contributed by atoms with Crippen LogP contribution in [0.4, 0.5) is 0 Å². The number of hydrogen-bond donors (Lipinski definition) is 0. The van der Waals surface area contributed by atoms with E-state index in [-0.39, 0.29) is 12.2 Å². The highest BCUT2D eigenvalue weighted by molar-refractivity contribution is 6.03. The zero-order valence-electron chi connectivity index (χ0n) is 5.29. The molecule has 0 N–H and O–H groups in total. The molecule has 0 aliphatic carbocycles. The first-order valence-corrected chi connectivity index (χ1v) is 2.53. The molecule has 0 bridgehead atoms. The van der Waals surface area contributed by atoms with Crippen molar-refractivity contribution in [3.63, 3.8) is 0 Å². The van der Waals surface area contributed by atoms with E-state index in [1.54, 1.807) is 0 Å². The molecule has 0 unspecified atom stereocenters. The molecule has 0 spiro atoms. The summed E-state index contributed by atoms with van der Waals surface area (Å²) in [5, 5.41) is 0. The van der Waals surface area contributed by atoms with E-state index < -0.39 is 0 Å². The fraction of sp³-hybridized carbons (Fsp3) is 0.333. The van der Waals surface area contributed by atoms with Crippen molar-refractivity contribution in [1.29, 1.82) is 0 Å². The van der Waals surface area contributed by atoms with Crippen LogP contribution >= 0.6 is 0 Å². The number of Topliss-reactive ketones (excluding diaryl/α,β-unsaturated/α-hetero) is 1. The van der Waals surface area contributed by atoms with E-state index in [9.17, 15) is 4.79 Å². The molecular formula is C6H8N2O. The third-order valence-corrected chi connectivity index (χ3v) is 0.794. The van der Waals surface area contributed by atoms with Crippen LogP contribution in [0, 0.1) is 0 Å². The van der Waals surface area contributed by atoms with Gasteiger partial charge >= 0.3 is 0 Å². The Kier molecular flexibility index (Phi) is 3.25. The predicted molar refractivity (Wildman–Crippen MR) is 34.1 cm³/mol. The maximum Gasteiger partial charge on any atom is 0.298 e. The Morgan fingerprint density at radius 1 is 1.89 bits per heavy atom.